The molecule has 20 heavy (non-hydrogen) atoms. The van der Waals surface area contributed by atoms with Crippen molar-refractivity contribution in [1.29, 1.82) is 0 Å². The molecule has 1 fully saturated rings. The number of aromatic nitrogens is 2. The molecule has 0 radical (unpaired) electrons. The Kier molecular flexibility index (Phi) is 4.14. The van der Waals surface area contributed by atoms with Crippen LogP contribution in [-0.2, 0) is 10.5 Å². The first-order chi connectivity index (χ1) is 9.69. The van der Waals surface area contributed by atoms with Crippen molar-refractivity contribution in [2.75, 3.05) is 25.1 Å². The van der Waals surface area contributed by atoms with Gasteiger partial charge in [-0.2, -0.15) is 0 Å². The lowest BCUT2D eigenvalue weighted by Crippen LogP contribution is -2.30. The molecule has 0 aromatic carbocycles. The molecule has 108 valence electrons. The minimum atomic E-state index is 0.615. The van der Waals surface area contributed by atoms with Crippen LogP contribution in [0.5, 0.6) is 0 Å². The number of ether oxygens (including phenoxy) is 1. The summed E-state index contributed by atoms with van der Waals surface area (Å²) >= 11 is 3.65. The summed E-state index contributed by atoms with van der Waals surface area (Å²) in [5, 5.41) is 5.19. The molecule has 0 atom stereocenters. The van der Waals surface area contributed by atoms with E-state index in [-0.39, 0.29) is 0 Å². The van der Waals surface area contributed by atoms with Crippen LogP contribution in [0.15, 0.2) is 0 Å². The number of hydrogen-bond donors (Lipinski definition) is 1. The fourth-order valence-corrected chi connectivity index (χ4v) is 4.10. The summed E-state index contributed by atoms with van der Waals surface area (Å²) in [5.41, 5.74) is 1.30. The zero-order valence-electron chi connectivity index (χ0n) is 12.0. The van der Waals surface area contributed by atoms with Gasteiger partial charge >= 0.3 is 0 Å². The third kappa shape index (κ3) is 2.64. The number of thioether (sulfide) groups is 1. The van der Waals surface area contributed by atoms with Gasteiger partial charge in [-0.05, 0) is 26.3 Å². The van der Waals surface area contributed by atoms with E-state index >= 15 is 0 Å². The number of thiophene rings is 1. The van der Waals surface area contributed by atoms with E-state index in [0.717, 1.165) is 42.0 Å². The highest BCUT2D eigenvalue weighted by Crippen LogP contribution is 2.34. The highest BCUT2D eigenvalue weighted by atomic mass is 32.2. The highest BCUT2D eigenvalue weighted by Gasteiger charge is 2.20. The van der Waals surface area contributed by atoms with Gasteiger partial charge in [0.1, 0.15) is 16.5 Å². The molecule has 3 heterocycles. The van der Waals surface area contributed by atoms with Gasteiger partial charge in [0.25, 0.3) is 0 Å². The Labute approximate surface area is 127 Å². The molecule has 6 heteroatoms. The predicted molar refractivity (Wildman–Crippen MR) is 87.0 cm³/mol. The molecular weight excluding hydrogens is 290 g/mol. The van der Waals surface area contributed by atoms with Crippen molar-refractivity contribution < 1.29 is 4.74 Å². The highest BCUT2D eigenvalue weighted by molar-refractivity contribution is 7.99. The van der Waals surface area contributed by atoms with E-state index in [1.54, 1.807) is 11.3 Å². The molecule has 1 aliphatic heterocycles. The lowest BCUT2D eigenvalue weighted by atomic mass is 10.2. The standard InChI is InChI=1S/C14H19N3OS2/c1-4-15-13-12-8(2)9(3)20-14(12)17-11(16-13)7-19-10-5-18-6-10/h10H,4-7H2,1-3H3,(H,15,16,17). The fraction of sp³-hybridized carbons (Fsp3) is 0.571. The van der Waals surface area contributed by atoms with E-state index in [9.17, 15) is 0 Å². The predicted octanol–water partition coefficient (Wildman–Crippen LogP) is 3.37. The van der Waals surface area contributed by atoms with Crippen molar-refractivity contribution in [1.82, 2.24) is 9.97 Å². The van der Waals surface area contributed by atoms with Crippen LogP contribution in [0, 0.1) is 13.8 Å². The fourth-order valence-electron chi connectivity index (χ4n) is 2.16. The molecule has 1 N–H and O–H groups in total. The van der Waals surface area contributed by atoms with E-state index in [0.29, 0.717) is 5.25 Å². The van der Waals surface area contributed by atoms with Crippen LogP contribution in [0.4, 0.5) is 5.82 Å². The molecule has 0 spiro atoms. The molecule has 0 bridgehead atoms. The Bertz CT molecular complexity index is 622. The summed E-state index contributed by atoms with van der Waals surface area (Å²) in [6.07, 6.45) is 0. The first kappa shape index (κ1) is 14.1. The Morgan fingerprint density at radius 1 is 1.35 bits per heavy atom. The molecule has 2 aromatic rings. The van der Waals surface area contributed by atoms with Gasteiger partial charge in [0, 0.05) is 11.4 Å². The number of nitrogens with one attached hydrogen (secondary N) is 1. The monoisotopic (exact) mass is 309 g/mol. The summed E-state index contributed by atoms with van der Waals surface area (Å²) in [7, 11) is 0. The molecule has 2 aromatic heterocycles. The van der Waals surface area contributed by atoms with Crippen molar-refractivity contribution in [2.24, 2.45) is 0 Å². The molecule has 0 saturated carbocycles. The molecule has 0 unspecified atom stereocenters. The van der Waals surface area contributed by atoms with Gasteiger partial charge < -0.3 is 10.1 Å². The van der Waals surface area contributed by atoms with Gasteiger partial charge in [0.05, 0.1) is 29.6 Å². The van der Waals surface area contributed by atoms with Gasteiger partial charge in [-0.3, -0.25) is 0 Å². The van der Waals surface area contributed by atoms with Gasteiger partial charge in [-0.1, -0.05) is 0 Å². The van der Waals surface area contributed by atoms with Gasteiger partial charge in [-0.15, -0.1) is 23.1 Å². The van der Waals surface area contributed by atoms with E-state index < -0.39 is 0 Å². The molecule has 0 amide bonds. The van der Waals surface area contributed by atoms with E-state index in [4.69, 9.17) is 14.7 Å². The number of anilines is 1. The van der Waals surface area contributed by atoms with Crippen molar-refractivity contribution in [3.63, 3.8) is 0 Å². The minimum absolute atomic E-state index is 0.615. The molecule has 4 nitrogen and oxygen atoms in total. The van der Waals surface area contributed by atoms with E-state index in [1.165, 1.54) is 15.8 Å². The average Bonchev–Trinajstić information content (AvgIpc) is 2.64. The van der Waals surface area contributed by atoms with E-state index in [1.807, 2.05) is 11.8 Å². The second-order valence-electron chi connectivity index (χ2n) is 4.95. The molecule has 1 aliphatic rings. The van der Waals surface area contributed by atoms with Crippen molar-refractivity contribution >= 4 is 39.1 Å². The largest absolute Gasteiger partial charge is 0.379 e. The summed E-state index contributed by atoms with van der Waals surface area (Å²) in [5.74, 6) is 2.77. The quantitative estimate of drug-likeness (QED) is 0.917. The second-order valence-corrected chi connectivity index (χ2v) is 7.44. The van der Waals surface area contributed by atoms with Crippen molar-refractivity contribution in [2.45, 2.75) is 31.8 Å². The van der Waals surface area contributed by atoms with E-state index in [2.05, 4.69) is 26.1 Å². The Morgan fingerprint density at radius 2 is 2.15 bits per heavy atom. The number of fused-ring (bicyclic) bond motifs is 1. The van der Waals surface area contributed by atoms with Crippen LogP contribution in [-0.4, -0.2) is 35.0 Å². The number of rotatable bonds is 5. The third-order valence-electron chi connectivity index (χ3n) is 3.47. The third-order valence-corrected chi connectivity index (χ3v) is 5.74. The van der Waals surface area contributed by atoms with Crippen molar-refractivity contribution in [3.05, 3.63) is 16.3 Å². The number of hydrogen-bond acceptors (Lipinski definition) is 6. The van der Waals surface area contributed by atoms with Crippen LogP contribution in [0.3, 0.4) is 0 Å². The smallest absolute Gasteiger partial charge is 0.142 e. The maximum absolute atomic E-state index is 5.20. The van der Waals surface area contributed by atoms with Gasteiger partial charge in [0.15, 0.2) is 0 Å². The molecule has 0 aliphatic carbocycles. The maximum Gasteiger partial charge on any atom is 0.142 e. The molecular formula is C14H19N3OS2. The Morgan fingerprint density at radius 3 is 2.80 bits per heavy atom. The minimum Gasteiger partial charge on any atom is -0.379 e. The summed E-state index contributed by atoms with van der Waals surface area (Å²) in [6, 6.07) is 0. The maximum atomic E-state index is 5.20. The number of aryl methyl sites for hydroxylation is 2. The molecule has 1 saturated heterocycles. The zero-order valence-corrected chi connectivity index (χ0v) is 13.7. The SMILES string of the molecule is CCNc1nc(CSC2COC2)nc2sc(C)c(C)c12. The summed E-state index contributed by atoms with van der Waals surface area (Å²) in [6.45, 7) is 9.01. The lowest BCUT2D eigenvalue weighted by molar-refractivity contribution is 0.0455. The zero-order chi connectivity index (χ0) is 14.1. The first-order valence-corrected chi connectivity index (χ1v) is 8.75. The molecule has 3 rings (SSSR count). The van der Waals surface area contributed by atoms with Gasteiger partial charge in [-0.25, -0.2) is 9.97 Å². The van der Waals surface area contributed by atoms with Gasteiger partial charge in [0.2, 0.25) is 0 Å². The topological polar surface area (TPSA) is 47.0 Å². The van der Waals surface area contributed by atoms with Crippen molar-refractivity contribution in [3.8, 4) is 0 Å². The number of nitrogens with zero attached hydrogens (tertiary/aromatic N) is 2. The average molecular weight is 309 g/mol. The Hall–Kier alpha value is -0.850. The van der Waals surface area contributed by atoms with Crippen LogP contribution >= 0.6 is 23.1 Å². The normalized spacial score (nSPS) is 15.6. The van der Waals surface area contributed by atoms with Crippen LogP contribution in [0.2, 0.25) is 0 Å². The Balaban J connectivity index is 1.92. The second kappa shape index (κ2) is 5.87. The summed E-state index contributed by atoms with van der Waals surface area (Å²) < 4.78 is 5.20. The lowest BCUT2D eigenvalue weighted by Gasteiger charge is -2.24. The van der Waals surface area contributed by atoms with Crippen LogP contribution in [0.25, 0.3) is 10.2 Å². The summed E-state index contributed by atoms with van der Waals surface area (Å²) in [4.78, 5) is 11.9. The van der Waals surface area contributed by atoms with Crippen LogP contribution < -0.4 is 5.32 Å². The first-order valence-electron chi connectivity index (χ1n) is 6.89. The van der Waals surface area contributed by atoms with Crippen LogP contribution in [0.1, 0.15) is 23.2 Å².